The summed E-state index contributed by atoms with van der Waals surface area (Å²) in [5.41, 5.74) is 17.7. The molecule has 0 unspecified atom stereocenters. The molecule has 0 bridgehead atoms. The maximum Gasteiger partial charge on any atom is 0.248 e. The van der Waals surface area contributed by atoms with E-state index in [9.17, 15) is 14.8 Å². The molecule has 8 nitrogen and oxygen atoms in total. The zero-order valence-corrected chi connectivity index (χ0v) is 43.2. The van der Waals surface area contributed by atoms with E-state index in [1.165, 1.54) is 33.4 Å². The number of azo groups is 1. The Bertz CT molecular complexity index is 3310. The lowest BCUT2D eigenvalue weighted by molar-refractivity contribution is -0.435. The van der Waals surface area contributed by atoms with Gasteiger partial charge in [-0.25, -0.2) is 0 Å². The smallest absolute Gasteiger partial charge is 0.248 e. The van der Waals surface area contributed by atoms with Crippen molar-refractivity contribution in [2.24, 2.45) is 5.11 Å². The van der Waals surface area contributed by atoms with Gasteiger partial charge in [0.1, 0.15) is 5.69 Å². The van der Waals surface area contributed by atoms with E-state index in [2.05, 4.69) is 60.3 Å². The minimum absolute atomic E-state index is 0.0652. The van der Waals surface area contributed by atoms with Crippen LogP contribution in [0, 0.1) is 60.6 Å². The van der Waals surface area contributed by atoms with Crippen LogP contribution in [-0.4, -0.2) is 26.6 Å². The summed E-state index contributed by atoms with van der Waals surface area (Å²) in [5.74, 6) is 1.25. The van der Waals surface area contributed by atoms with Crippen molar-refractivity contribution < 1.29 is 18.9 Å². The van der Waals surface area contributed by atoms with E-state index < -0.39 is 0 Å². The number of hydrogen-bond acceptors (Lipinski definition) is 7. The van der Waals surface area contributed by atoms with E-state index in [1.54, 1.807) is 12.1 Å². The first-order valence-electron chi connectivity index (χ1n) is 24.4. The lowest BCUT2D eigenvalue weighted by Gasteiger charge is -2.05. The summed E-state index contributed by atoms with van der Waals surface area (Å²) in [5, 5.41) is 23.9. The summed E-state index contributed by atoms with van der Waals surface area (Å²) in [6, 6.07) is 70.2. The second-order valence-electron chi connectivity index (χ2n) is 18.4. The van der Waals surface area contributed by atoms with Gasteiger partial charge in [0.15, 0.2) is 11.6 Å². The zero-order valence-electron chi connectivity index (χ0n) is 43.2. The predicted octanol–water partition coefficient (Wildman–Crippen LogP) is 17.0. The third kappa shape index (κ3) is 15.2. The minimum Gasteiger partial charge on any atom is -0.594 e. The van der Waals surface area contributed by atoms with Gasteiger partial charge >= 0.3 is 0 Å². The van der Waals surface area contributed by atoms with Gasteiger partial charge in [0.25, 0.3) is 0 Å². The van der Waals surface area contributed by atoms with Crippen LogP contribution in [0.1, 0.15) is 76.4 Å². The number of aromatic nitrogens is 2. The quantitative estimate of drug-likeness (QED) is 0.0616. The van der Waals surface area contributed by atoms with E-state index in [4.69, 9.17) is 4.42 Å². The van der Waals surface area contributed by atoms with Gasteiger partial charge in [-0.1, -0.05) is 219 Å². The standard InChI is InChI=1S/C21H18O.C16H14N2O.C15H14O.C14H14N2O/c1-15-3-7-17(8-4-15)18-11-13-20(14-12-18)21(22)19-9-5-16(2)6-10-19;1-11-3-7-13(8-4-11)15-17-18-16(19-15)14-9-5-12(2)6-10-14;1-11-3-7-13(8-4-11)15(16)14-9-5-12(2)6-10-14;1-11-3-7-13(8-4-11)15-16(17)14-9-5-12(2)6-10-14/h3-14H,1-2H3;3-10H,1-2H3;3-10H,1-2H3;3-10H,1-2H3. The fraction of sp³-hybridized carbons (Fsp3) is 0.121. The highest BCUT2D eigenvalue weighted by Crippen LogP contribution is 2.25. The number of nitrogens with zero attached hydrogens (tertiary/aromatic N) is 4. The summed E-state index contributed by atoms with van der Waals surface area (Å²) in [6.45, 7) is 16.2. The second-order valence-corrected chi connectivity index (χ2v) is 18.4. The van der Waals surface area contributed by atoms with Gasteiger partial charge in [-0.2, -0.15) is 0 Å². The first-order chi connectivity index (χ1) is 35.7. The van der Waals surface area contributed by atoms with Gasteiger partial charge in [-0.05, 0) is 103 Å². The van der Waals surface area contributed by atoms with Crippen molar-refractivity contribution in [2.45, 2.75) is 55.4 Å². The highest BCUT2D eigenvalue weighted by Gasteiger charge is 2.12. The van der Waals surface area contributed by atoms with Gasteiger partial charge in [-0.3, -0.25) is 9.59 Å². The number of carbonyl (C=O) groups excluding carboxylic acids is 2. The Morgan fingerprint density at radius 2 is 0.568 bits per heavy atom. The number of ketones is 2. The van der Waals surface area contributed by atoms with Crippen molar-refractivity contribution in [1.82, 2.24) is 10.2 Å². The molecule has 0 radical (unpaired) electrons. The third-order valence-electron chi connectivity index (χ3n) is 12.0. The summed E-state index contributed by atoms with van der Waals surface area (Å²) in [4.78, 5) is 25.2. The molecule has 1 aromatic heterocycles. The van der Waals surface area contributed by atoms with Crippen LogP contribution in [0.25, 0.3) is 34.0 Å². The summed E-state index contributed by atoms with van der Waals surface area (Å²) >= 11 is 0. The number of benzene rings is 9. The van der Waals surface area contributed by atoms with Crippen LogP contribution < -0.4 is 0 Å². The third-order valence-corrected chi connectivity index (χ3v) is 12.0. The normalized spacial score (nSPS) is 10.7. The van der Waals surface area contributed by atoms with Gasteiger partial charge < -0.3 is 9.62 Å². The first kappa shape index (κ1) is 52.7. The van der Waals surface area contributed by atoms with Crippen LogP contribution in [0.4, 0.5) is 11.4 Å². The molecular weight excluding hydrogens is 913 g/mol. The fourth-order valence-electron chi connectivity index (χ4n) is 7.30. The van der Waals surface area contributed by atoms with Crippen molar-refractivity contribution in [3.05, 3.63) is 290 Å². The van der Waals surface area contributed by atoms with Gasteiger partial charge in [0.2, 0.25) is 17.5 Å². The Kier molecular flexibility index (Phi) is 18.0. The van der Waals surface area contributed by atoms with Crippen LogP contribution in [0.3, 0.4) is 0 Å². The molecule has 0 saturated heterocycles. The van der Waals surface area contributed by atoms with E-state index >= 15 is 0 Å². The molecule has 9 aromatic carbocycles. The van der Waals surface area contributed by atoms with Crippen molar-refractivity contribution in [2.75, 3.05) is 0 Å². The van der Waals surface area contributed by atoms with Crippen molar-refractivity contribution in [3.63, 3.8) is 0 Å². The van der Waals surface area contributed by atoms with Crippen molar-refractivity contribution in [1.29, 1.82) is 0 Å². The molecule has 0 spiro atoms. The van der Waals surface area contributed by atoms with E-state index in [0.29, 0.717) is 28.0 Å². The molecule has 0 atom stereocenters. The minimum atomic E-state index is 0.0652. The number of aryl methyl sites for hydroxylation is 8. The van der Waals surface area contributed by atoms with Gasteiger partial charge in [0, 0.05) is 50.6 Å². The Morgan fingerprint density at radius 3 is 0.878 bits per heavy atom. The van der Waals surface area contributed by atoms with Gasteiger partial charge in [0.05, 0.1) is 0 Å². The molecule has 0 fully saturated rings. The SMILES string of the molecule is Cc1ccc(-c2nnc(-c3ccc(C)cc3)o2)cc1.Cc1ccc(C(=O)c2ccc(-c3ccc(C)cc3)cc2)cc1.Cc1ccc(C(=O)c2ccc(C)cc2)cc1.Cc1ccc(N=[N+]([O-])c2ccc(C)cc2)cc1. The molecule has 0 aliphatic rings. The van der Waals surface area contributed by atoms with Crippen LogP contribution >= 0.6 is 0 Å². The monoisotopic (exact) mass is 972 g/mol. The average Bonchev–Trinajstić information content (AvgIpc) is 3.92. The van der Waals surface area contributed by atoms with Crippen LogP contribution in [0.2, 0.25) is 0 Å². The predicted molar refractivity (Wildman–Crippen MR) is 299 cm³/mol. The molecule has 0 N–H and O–H groups in total. The Labute approximate surface area is 435 Å². The molecule has 10 rings (SSSR count). The molecule has 1 heterocycles. The maximum atomic E-state index is 12.5. The topological polar surface area (TPSA) is 111 Å². The van der Waals surface area contributed by atoms with E-state index in [1.807, 2.05) is 217 Å². The van der Waals surface area contributed by atoms with Crippen molar-refractivity contribution in [3.8, 4) is 34.0 Å². The van der Waals surface area contributed by atoms with Crippen molar-refractivity contribution >= 4 is 22.9 Å². The van der Waals surface area contributed by atoms with Crippen LogP contribution in [0.5, 0.6) is 0 Å². The van der Waals surface area contributed by atoms with E-state index in [0.717, 1.165) is 55.6 Å². The summed E-state index contributed by atoms with van der Waals surface area (Å²) in [6.07, 6.45) is 0. The lowest BCUT2D eigenvalue weighted by Crippen LogP contribution is -2.00. The molecule has 0 aliphatic carbocycles. The second kappa shape index (κ2) is 25.3. The zero-order chi connectivity index (χ0) is 52.6. The van der Waals surface area contributed by atoms with Crippen LogP contribution in [-0.2, 0) is 0 Å². The molecule has 0 aliphatic heterocycles. The number of rotatable bonds is 9. The van der Waals surface area contributed by atoms with Crippen LogP contribution in [0.15, 0.2) is 228 Å². The molecule has 0 amide bonds. The molecule has 74 heavy (non-hydrogen) atoms. The first-order valence-corrected chi connectivity index (χ1v) is 24.4. The number of carbonyl (C=O) groups is 2. The maximum absolute atomic E-state index is 12.5. The molecule has 0 saturated carbocycles. The highest BCUT2D eigenvalue weighted by molar-refractivity contribution is 6.09. The molecular formula is C66H60N4O4. The Morgan fingerprint density at radius 1 is 0.338 bits per heavy atom. The Hall–Kier alpha value is -9.14. The summed E-state index contributed by atoms with van der Waals surface area (Å²) < 4.78 is 5.71. The fourth-order valence-corrected chi connectivity index (χ4v) is 7.30. The molecule has 10 aromatic rings. The molecule has 368 valence electrons. The highest BCUT2D eigenvalue weighted by atomic mass is 16.5. The largest absolute Gasteiger partial charge is 0.594 e. The summed E-state index contributed by atoms with van der Waals surface area (Å²) in [7, 11) is 0. The number of hydrogen-bond donors (Lipinski definition) is 0. The van der Waals surface area contributed by atoms with Gasteiger partial charge in [-0.15, -0.1) is 10.2 Å². The lowest BCUT2D eigenvalue weighted by atomic mass is 9.98. The van der Waals surface area contributed by atoms with E-state index in [-0.39, 0.29) is 11.6 Å². The average molecular weight is 973 g/mol. The Balaban J connectivity index is 0.000000145. The molecule has 8 heteroatoms.